The number of benzene rings is 1. The van der Waals surface area contributed by atoms with Crippen molar-refractivity contribution in [3.63, 3.8) is 0 Å². The molecule has 1 aliphatic heterocycles. The van der Waals surface area contributed by atoms with Gasteiger partial charge in [0.2, 0.25) is 0 Å². The van der Waals surface area contributed by atoms with Crippen LogP contribution in [0.3, 0.4) is 0 Å². The summed E-state index contributed by atoms with van der Waals surface area (Å²) >= 11 is 0. The van der Waals surface area contributed by atoms with Crippen LogP contribution in [0.15, 0.2) is 18.2 Å². The number of anilines is 1. The SMILES string of the molecule is COC(=O)CC1CN(c2ccc(F)cc2C#N)CCO1. The van der Waals surface area contributed by atoms with Gasteiger partial charge in [0.1, 0.15) is 11.9 Å². The van der Waals surface area contributed by atoms with Gasteiger partial charge in [0.15, 0.2) is 0 Å². The van der Waals surface area contributed by atoms with Gasteiger partial charge in [0.05, 0.1) is 37.5 Å². The Morgan fingerprint density at radius 3 is 3.15 bits per heavy atom. The van der Waals surface area contributed by atoms with Crippen LogP contribution in [0.1, 0.15) is 12.0 Å². The average Bonchev–Trinajstić information content (AvgIpc) is 2.47. The lowest BCUT2D eigenvalue weighted by Crippen LogP contribution is -2.43. The van der Waals surface area contributed by atoms with Crippen LogP contribution >= 0.6 is 0 Å². The molecule has 6 heteroatoms. The minimum Gasteiger partial charge on any atom is -0.469 e. The van der Waals surface area contributed by atoms with E-state index in [2.05, 4.69) is 4.74 Å². The maximum Gasteiger partial charge on any atom is 0.308 e. The molecule has 1 fully saturated rings. The lowest BCUT2D eigenvalue weighted by atomic mass is 10.1. The third-order valence-electron chi connectivity index (χ3n) is 3.18. The summed E-state index contributed by atoms with van der Waals surface area (Å²) in [5.41, 5.74) is 0.941. The van der Waals surface area contributed by atoms with Crippen molar-refractivity contribution >= 4 is 11.7 Å². The second-order valence-electron chi connectivity index (χ2n) is 4.49. The smallest absolute Gasteiger partial charge is 0.308 e. The Hall–Kier alpha value is -2.13. The molecule has 1 aromatic carbocycles. The summed E-state index contributed by atoms with van der Waals surface area (Å²) in [5.74, 6) is -0.777. The molecule has 5 nitrogen and oxygen atoms in total. The van der Waals surface area contributed by atoms with Crippen LogP contribution in [0.25, 0.3) is 0 Å². The van der Waals surface area contributed by atoms with Crippen molar-refractivity contribution < 1.29 is 18.7 Å². The standard InChI is InChI=1S/C14H15FN2O3/c1-19-14(18)7-12-9-17(4-5-20-12)13-3-2-11(15)6-10(13)8-16/h2-3,6,12H,4-5,7,9H2,1H3. The lowest BCUT2D eigenvalue weighted by molar-refractivity contribution is -0.144. The molecule has 106 valence electrons. The third-order valence-corrected chi connectivity index (χ3v) is 3.18. The number of rotatable bonds is 3. The van der Waals surface area contributed by atoms with Crippen molar-refractivity contribution in [2.75, 3.05) is 31.7 Å². The van der Waals surface area contributed by atoms with Crippen LogP contribution in [-0.4, -0.2) is 38.9 Å². The number of carbonyl (C=O) groups is 1. The molecule has 0 N–H and O–H groups in total. The van der Waals surface area contributed by atoms with Crippen LogP contribution in [-0.2, 0) is 14.3 Å². The maximum atomic E-state index is 13.1. The topological polar surface area (TPSA) is 62.6 Å². The molecule has 0 aromatic heterocycles. The number of hydrogen-bond acceptors (Lipinski definition) is 5. The molecule has 20 heavy (non-hydrogen) atoms. The van der Waals surface area contributed by atoms with Gasteiger partial charge < -0.3 is 14.4 Å². The van der Waals surface area contributed by atoms with E-state index < -0.39 is 5.82 Å². The van der Waals surface area contributed by atoms with Crippen LogP contribution in [0.5, 0.6) is 0 Å². The Bertz CT molecular complexity index is 542. The zero-order valence-corrected chi connectivity index (χ0v) is 11.1. The van der Waals surface area contributed by atoms with Gasteiger partial charge in [-0.05, 0) is 18.2 Å². The van der Waals surface area contributed by atoms with E-state index in [0.717, 1.165) is 0 Å². The number of carbonyl (C=O) groups excluding carboxylic acids is 1. The van der Waals surface area contributed by atoms with E-state index in [9.17, 15) is 9.18 Å². The molecule has 0 aliphatic carbocycles. The first-order chi connectivity index (χ1) is 9.63. The zero-order chi connectivity index (χ0) is 14.5. The Balaban J connectivity index is 2.13. The second kappa shape index (κ2) is 6.35. The number of nitrogens with zero attached hydrogens (tertiary/aromatic N) is 2. The first-order valence-electron chi connectivity index (χ1n) is 6.27. The Morgan fingerprint density at radius 2 is 2.45 bits per heavy atom. The zero-order valence-electron chi connectivity index (χ0n) is 11.1. The van der Waals surface area contributed by atoms with Crippen LogP contribution in [0, 0.1) is 17.1 Å². The number of hydrogen-bond donors (Lipinski definition) is 0. The van der Waals surface area contributed by atoms with Gasteiger partial charge in [-0.2, -0.15) is 5.26 Å². The number of esters is 1. The molecule has 1 atom stereocenters. The normalized spacial score (nSPS) is 18.4. The van der Waals surface area contributed by atoms with E-state index in [1.165, 1.54) is 19.2 Å². The summed E-state index contributed by atoms with van der Waals surface area (Å²) in [6, 6.07) is 6.09. The fourth-order valence-electron chi connectivity index (χ4n) is 2.20. The first-order valence-corrected chi connectivity index (χ1v) is 6.27. The molecule has 0 amide bonds. The predicted octanol–water partition coefficient (Wildman–Crippen LogP) is 1.47. The van der Waals surface area contributed by atoms with Crippen LogP contribution < -0.4 is 4.90 Å². The molecule has 1 saturated heterocycles. The minimum absolute atomic E-state index is 0.163. The summed E-state index contributed by atoms with van der Waals surface area (Å²) in [7, 11) is 1.33. The molecular formula is C14H15FN2O3. The highest BCUT2D eigenvalue weighted by molar-refractivity contribution is 5.70. The van der Waals surface area contributed by atoms with E-state index in [4.69, 9.17) is 10.00 Å². The van der Waals surface area contributed by atoms with Gasteiger partial charge in [0.25, 0.3) is 0 Å². The van der Waals surface area contributed by atoms with Crippen molar-refractivity contribution in [3.05, 3.63) is 29.6 Å². The Morgan fingerprint density at radius 1 is 1.65 bits per heavy atom. The highest BCUT2D eigenvalue weighted by Crippen LogP contribution is 2.24. The third kappa shape index (κ3) is 3.25. The molecule has 0 saturated carbocycles. The lowest BCUT2D eigenvalue weighted by Gasteiger charge is -2.34. The highest BCUT2D eigenvalue weighted by atomic mass is 19.1. The van der Waals surface area contributed by atoms with Gasteiger partial charge in [-0.15, -0.1) is 0 Å². The minimum atomic E-state index is -0.440. The highest BCUT2D eigenvalue weighted by Gasteiger charge is 2.24. The van der Waals surface area contributed by atoms with Gasteiger partial charge in [-0.25, -0.2) is 4.39 Å². The summed E-state index contributed by atoms with van der Waals surface area (Å²) < 4.78 is 23.3. The maximum absolute atomic E-state index is 13.1. The van der Waals surface area contributed by atoms with Gasteiger partial charge in [-0.1, -0.05) is 0 Å². The monoisotopic (exact) mass is 278 g/mol. The fourth-order valence-corrected chi connectivity index (χ4v) is 2.20. The summed E-state index contributed by atoms with van der Waals surface area (Å²) in [5, 5.41) is 9.07. The van der Waals surface area contributed by atoms with Gasteiger partial charge in [-0.3, -0.25) is 4.79 Å². The molecule has 0 bridgehead atoms. The first kappa shape index (κ1) is 14.3. The van der Waals surface area contributed by atoms with Crippen LogP contribution in [0.2, 0.25) is 0 Å². The van der Waals surface area contributed by atoms with Crippen molar-refractivity contribution in [1.82, 2.24) is 0 Å². The molecular weight excluding hydrogens is 263 g/mol. The molecule has 2 rings (SSSR count). The van der Waals surface area contributed by atoms with Crippen molar-refractivity contribution in [2.45, 2.75) is 12.5 Å². The summed E-state index contributed by atoms with van der Waals surface area (Å²) in [4.78, 5) is 13.2. The molecule has 1 unspecified atom stereocenters. The van der Waals surface area contributed by atoms with E-state index in [1.807, 2.05) is 11.0 Å². The van der Waals surface area contributed by atoms with Crippen molar-refractivity contribution in [3.8, 4) is 6.07 Å². The number of methoxy groups -OCH3 is 1. The Labute approximate surface area is 116 Å². The van der Waals surface area contributed by atoms with Gasteiger partial charge in [0, 0.05) is 13.1 Å². The molecule has 1 aliphatic rings. The van der Waals surface area contributed by atoms with Crippen LogP contribution in [0.4, 0.5) is 10.1 Å². The average molecular weight is 278 g/mol. The van der Waals surface area contributed by atoms with E-state index in [-0.39, 0.29) is 24.1 Å². The Kier molecular flexibility index (Phi) is 4.53. The van der Waals surface area contributed by atoms with E-state index in [1.54, 1.807) is 6.07 Å². The molecule has 0 spiro atoms. The fraction of sp³-hybridized carbons (Fsp3) is 0.429. The quantitative estimate of drug-likeness (QED) is 0.783. The molecule has 0 radical (unpaired) electrons. The number of morpholine rings is 1. The predicted molar refractivity (Wildman–Crippen MR) is 69.7 cm³/mol. The van der Waals surface area contributed by atoms with Crippen molar-refractivity contribution in [2.24, 2.45) is 0 Å². The summed E-state index contributed by atoms with van der Waals surface area (Å²) in [6.07, 6.45) is -0.122. The largest absolute Gasteiger partial charge is 0.469 e. The number of nitriles is 1. The van der Waals surface area contributed by atoms with E-state index >= 15 is 0 Å². The number of ether oxygens (including phenoxy) is 2. The van der Waals surface area contributed by atoms with Gasteiger partial charge >= 0.3 is 5.97 Å². The second-order valence-corrected chi connectivity index (χ2v) is 4.49. The number of halogens is 1. The summed E-state index contributed by atoms with van der Waals surface area (Å²) in [6.45, 7) is 1.51. The van der Waals surface area contributed by atoms with Crippen molar-refractivity contribution in [1.29, 1.82) is 5.26 Å². The molecule has 1 heterocycles. The van der Waals surface area contributed by atoms with E-state index in [0.29, 0.717) is 25.4 Å². The molecule has 1 aromatic rings.